The number of hydrogen-bond acceptors (Lipinski definition) is 4. The molecule has 1 aromatic rings. The Balaban J connectivity index is 1.76. The average Bonchev–Trinajstić information content (AvgIpc) is 2.91. The van der Waals surface area contributed by atoms with E-state index in [9.17, 15) is 9.59 Å². The predicted octanol–water partition coefficient (Wildman–Crippen LogP) is 2.25. The monoisotopic (exact) mass is 295 g/mol. The van der Waals surface area contributed by atoms with Crippen LogP contribution in [0.25, 0.3) is 0 Å². The Kier molecular flexibility index (Phi) is 5.31. The minimum atomic E-state index is 0.0571. The quantitative estimate of drug-likeness (QED) is 0.848. The molecule has 1 fully saturated rings. The molecule has 110 valence electrons. The molecule has 2 heterocycles. The van der Waals surface area contributed by atoms with Crippen molar-refractivity contribution >= 4 is 23.0 Å². The Labute approximate surface area is 123 Å². The SMILES string of the molecule is Cc1ccc(C(=O)CCC(=O)N2CCC(CO)CC2)s1. The van der Waals surface area contributed by atoms with E-state index in [1.165, 1.54) is 11.3 Å². The fourth-order valence-corrected chi connectivity index (χ4v) is 3.29. The number of rotatable bonds is 5. The number of hydrogen-bond donors (Lipinski definition) is 1. The average molecular weight is 295 g/mol. The lowest BCUT2D eigenvalue weighted by atomic mass is 9.97. The molecule has 1 amide bonds. The van der Waals surface area contributed by atoms with Crippen molar-refractivity contribution in [2.75, 3.05) is 19.7 Å². The lowest BCUT2D eigenvalue weighted by molar-refractivity contribution is -0.132. The second-order valence-corrected chi connectivity index (χ2v) is 6.63. The van der Waals surface area contributed by atoms with Crippen molar-refractivity contribution in [1.82, 2.24) is 4.90 Å². The first-order chi connectivity index (χ1) is 9.60. The Morgan fingerprint density at radius 3 is 2.55 bits per heavy atom. The van der Waals surface area contributed by atoms with Gasteiger partial charge in [0.25, 0.3) is 0 Å². The maximum atomic E-state index is 12.0. The Morgan fingerprint density at radius 1 is 1.30 bits per heavy atom. The van der Waals surface area contributed by atoms with Gasteiger partial charge in [-0.25, -0.2) is 0 Å². The minimum Gasteiger partial charge on any atom is -0.396 e. The van der Waals surface area contributed by atoms with Gasteiger partial charge in [-0.1, -0.05) is 0 Å². The standard InChI is InChI=1S/C15H21NO3S/c1-11-2-4-14(20-11)13(18)3-5-15(19)16-8-6-12(10-17)7-9-16/h2,4,12,17H,3,5-10H2,1H3. The molecule has 0 aliphatic carbocycles. The fourth-order valence-electron chi connectivity index (χ4n) is 2.45. The first kappa shape index (κ1) is 15.2. The minimum absolute atomic E-state index is 0.0571. The third-order valence-corrected chi connectivity index (χ3v) is 4.85. The summed E-state index contributed by atoms with van der Waals surface area (Å²) in [5.41, 5.74) is 0. The molecular formula is C15H21NO3S. The van der Waals surface area contributed by atoms with Crippen molar-refractivity contribution in [3.63, 3.8) is 0 Å². The molecule has 1 aliphatic heterocycles. The number of likely N-dealkylation sites (tertiary alicyclic amines) is 1. The van der Waals surface area contributed by atoms with Gasteiger partial charge in [0.05, 0.1) is 4.88 Å². The van der Waals surface area contributed by atoms with Crippen molar-refractivity contribution in [3.05, 3.63) is 21.9 Å². The van der Waals surface area contributed by atoms with Gasteiger partial charge in [0.15, 0.2) is 5.78 Å². The molecule has 0 atom stereocenters. The maximum Gasteiger partial charge on any atom is 0.223 e. The second-order valence-electron chi connectivity index (χ2n) is 5.34. The number of piperidine rings is 1. The van der Waals surface area contributed by atoms with Crippen molar-refractivity contribution in [3.8, 4) is 0 Å². The van der Waals surface area contributed by atoms with E-state index < -0.39 is 0 Å². The Bertz CT molecular complexity index is 475. The van der Waals surface area contributed by atoms with Gasteiger partial charge in [0.1, 0.15) is 0 Å². The Hall–Kier alpha value is -1.20. The van der Waals surface area contributed by atoms with E-state index in [2.05, 4.69) is 0 Å². The van der Waals surface area contributed by atoms with Crippen LogP contribution in [0.5, 0.6) is 0 Å². The first-order valence-electron chi connectivity index (χ1n) is 7.08. The number of aliphatic hydroxyl groups is 1. The lowest BCUT2D eigenvalue weighted by Gasteiger charge is -2.31. The normalized spacial score (nSPS) is 16.4. The smallest absolute Gasteiger partial charge is 0.223 e. The number of thiophene rings is 1. The first-order valence-corrected chi connectivity index (χ1v) is 7.90. The van der Waals surface area contributed by atoms with Crippen LogP contribution in [0.2, 0.25) is 0 Å². The van der Waals surface area contributed by atoms with Crippen molar-refractivity contribution in [2.24, 2.45) is 5.92 Å². The summed E-state index contributed by atoms with van der Waals surface area (Å²) in [7, 11) is 0. The number of carbonyl (C=O) groups excluding carboxylic acids is 2. The zero-order chi connectivity index (χ0) is 14.5. The number of nitrogens with zero attached hydrogens (tertiary/aromatic N) is 1. The van der Waals surface area contributed by atoms with Gasteiger partial charge in [0.2, 0.25) is 5.91 Å². The van der Waals surface area contributed by atoms with Crippen LogP contribution in [0.3, 0.4) is 0 Å². The van der Waals surface area contributed by atoms with E-state index in [1.54, 1.807) is 0 Å². The van der Waals surface area contributed by atoms with E-state index in [0.717, 1.165) is 22.6 Å². The van der Waals surface area contributed by atoms with Crippen molar-refractivity contribution in [2.45, 2.75) is 32.6 Å². The molecule has 2 rings (SSSR count). The second kappa shape index (κ2) is 6.99. The molecule has 4 nitrogen and oxygen atoms in total. The molecule has 1 N–H and O–H groups in total. The van der Waals surface area contributed by atoms with E-state index in [0.29, 0.717) is 31.8 Å². The number of aliphatic hydroxyl groups excluding tert-OH is 1. The zero-order valence-corrected chi connectivity index (χ0v) is 12.6. The largest absolute Gasteiger partial charge is 0.396 e. The molecule has 0 unspecified atom stereocenters. The summed E-state index contributed by atoms with van der Waals surface area (Å²) in [6.07, 6.45) is 2.30. The van der Waals surface area contributed by atoms with Gasteiger partial charge >= 0.3 is 0 Å². The summed E-state index contributed by atoms with van der Waals surface area (Å²) >= 11 is 1.48. The summed E-state index contributed by atoms with van der Waals surface area (Å²) in [6, 6.07) is 3.76. The third-order valence-electron chi connectivity index (χ3n) is 3.81. The maximum absolute atomic E-state index is 12.0. The highest BCUT2D eigenvalue weighted by Gasteiger charge is 2.22. The highest BCUT2D eigenvalue weighted by atomic mass is 32.1. The third kappa shape index (κ3) is 3.90. The molecule has 5 heteroatoms. The summed E-state index contributed by atoms with van der Waals surface area (Å²) in [4.78, 5) is 27.7. The van der Waals surface area contributed by atoms with Gasteiger partial charge in [-0.2, -0.15) is 0 Å². The number of carbonyl (C=O) groups is 2. The van der Waals surface area contributed by atoms with Gasteiger partial charge in [-0.15, -0.1) is 11.3 Å². The molecule has 0 aromatic carbocycles. The lowest BCUT2D eigenvalue weighted by Crippen LogP contribution is -2.39. The van der Waals surface area contributed by atoms with Gasteiger partial charge in [0, 0.05) is 37.4 Å². The van der Waals surface area contributed by atoms with E-state index in [4.69, 9.17) is 5.11 Å². The molecule has 0 saturated carbocycles. The summed E-state index contributed by atoms with van der Waals surface area (Å²) < 4.78 is 0. The van der Waals surface area contributed by atoms with Crippen LogP contribution >= 0.6 is 11.3 Å². The van der Waals surface area contributed by atoms with Crippen LogP contribution in [0.1, 0.15) is 40.2 Å². The number of ketones is 1. The Morgan fingerprint density at radius 2 is 2.00 bits per heavy atom. The van der Waals surface area contributed by atoms with E-state index >= 15 is 0 Å². The molecule has 0 radical (unpaired) electrons. The molecule has 1 saturated heterocycles. The topological polar surface area (TPSA) is 57.6 Å². The van der Waals surface area contributed by atoms with Gasteiger partial charge in [-0.3, -0.25) is 9.59 Å². The highest BCUT2D eigenvalue weighted by molar-refractivity contribution is 7.14. The van der Waals surface area contributed by atoms with E-state index in [1.807, 2.05) is 24.0 Å². The van der Waals surface area contributed by atoms with Gasteiger partial charge in [-0.05, 0) is 37.8 Å². The van der Waals surface area contributed by atoms with Crippen molar-refractivity contribution in [1.29, 1.82) is 0 Å². The summed E-state index contributed by atoms with van der Waals surface area (Å²) in [5, 5.41) is 9.07. The summed E-state index contributed by atoms with van der Waals surface area (Å²) in [6.45, 7) is 3.59. The van der Waals surface area contributed by atoms with Gasteiger partial charge < -0.3 is 10.0 Å². The molecule has 0 bridgehead atoms. The number of aryl methyl sites for hydroxylation is 1. The molecule has 1 aliphatic rings. The zero-order valence-electron chi connectivity index (χ0n) is 11.8. The van der Waals surface area contributed by atoms with E-state index in [-0.39, 0.29) is 18.3 Å². The van der Waals surface area contributed by atoms with Crippen molar-refractivity contribution < 1.29 is 14.7 Å². The molecule has 0 spiro atoms. The number of amides is 1. The predicted molar refractivity (Wildman–Crippen MR) is 79.0 cm³/mol. The van der Waals surface area contributed by atoms with Crippen LogP contribution in [0.15, 0.2) is 12.1 Å². The fraction of sp³-hybridized carbons (Fsp3) is 0.600. The van der Waals surface area contributed by atoms with Crippen LogP contribution in [-0.4, -0.2) is 41.4 Å². The van der Waals surface area contributed by atoms with Crippen LogP contribution in [0.4, 0.5) is 0 Å². The highest BCUT2D eigenvalue weighted by Crippen LogP contribution is 2.20. The molecule has 1 aromatic heterocycles. The van der Waals surface area contributed by atoms with Crippen LogP contribution in [0, 0.1) is 12.8 Å². The van der Waals surface area contributed by atoms with Crippen LogP contribution < -0.4 is 0 Å². The van der Waals surface area contributed by atoms with Crippen LogP contribution in [-0.2, 0) is 4.79 Å². The number of Topliss-reactive ketones (excluding diaryl/α,β-unsaturated/α-hetero) is 1. The molecular weight excluding hydrogens is 274 g/mol. The summed E-state index contributed by atoms with van der Waals surface area (Å²) in [5.74, 6) is 0.444. The molecule has 20 heavy (non-hydrogen) atoms.